The molecule has 0 unspecified atom stereocenters. The van der Waals surface area contributed by atoms with Crippen LogP contribution >= 0.6 is 15.9 Å². The van der Waals surface area contributed by atoms with Crippen molar-refractivity contribution in [3.05, 3.63) is 52.5 Å². The lowest BCUT2D eigenvalue weighted by molar-refractivity contribution is -0.274. The number of halogens is 4. The number of alkyl halides is 3. The molecule has 1 aliphatic carbocycles. The predicted octanol–water partition coefficient (Wildman–Crippen LogP) is 6.75. The van der Waals surface area contributed by atoms with Crippen LogP contribution in [0.25, 0.3) is 10.9 Å². The summed E-state index contributed by atoms with van der Waals surface area (Å²) < 4.78 is 43.0. The molecule has 1 saturated carbocycles. The lowest BCUT2D eigenvalue weighted by Crippen LogP contribution is -2.34. The van der Waals surface area contributed by atoms with Gasteiger partial charge in [-0.15, -0.1) is 13.2 Å². The highest BCUT2D eigenvalue weighted by Gasteiger charge is 2.32. The molecule has 2 aromatic carbocycles. The van der Waals surface area contributed by atoms with Gasteiger partial charge in [0.15, 0.2) is 0 Å². The molecule has 0 amide bonds. The van der Waals surface area contributed by atoms with Gasteiger partial charge in [-0.2, -0.15) is 4.98 Å². The van der Waals surface area contributed by atoms with Crippen molar-refractivity contribution in [2.45, 2.75) is 52.1 Å². The van der Waals surface area contributed by atoms with Gasteiger partial charge in [-0.25, -0.2) is 4.98 Å². The molecule has 1 heterocycles. The second-order valence-corrected chi connectivity index (χ2v) is 9.98. The third-order valence-electron chi connectivity index (χ3n) is 6.24. The third kappa shape index (κ3) is 7.46. The highest BCUT2D eigenvalue weighted by atomic mass is 79.9. The number of para-hydroxylation sites is 1. The van der Waals surface area contributed by atoms with Crippen LogP contribution in [0.3, 0.4) is 0 Å². The number of nitrogens with one attached hydrogen (secondary N) is 2. The number of ether oxygens (including phenoxy) is 1. The van der Waals surface area contributed by atoms with Crippen molar-refractivity contribution >= 4 is 38.6 Å². The van der Waals surface area contributed by atoms with E-state index in [2.05, 4.69) is 36.3 Å². The first-order chi connectivity index (χ1) is 16.7. The summed E-state index contributed by atoms with van der Waals surface area (Å²) in [6, 6.07) is 12.9. The van der Waals surface area contributed by atoms with Gasteiger partial charge in [0.25, 0.3) is 0 Å². The van der Waals surface area contributed by atoms with E-state index < -0.39 is 6.36 Å². The van der Waals surface area contributed by atoms with Crippen LogP contribution in [0.2, 0.25) is 0 Å². The molecule has 2 N–H and O–H groups in total. The molecule has 1 aliphatic rings. The Bertz CT molecular complexity index is 1150. The Labute approximate surface area is 218 Å². The topological polar surface area (TPSA) is 62.3 Å². The van der Waals surface area contributed by atoms with Gasteiger partial charge in [-0.1, -0.05) is 41.6 Å². The maximum absolute atomic E-state index is 12.7. The van der Waals surface area contributed by atoms with Crippen molar-refractivity contribution in [1.29, 1.82) is 0 Å². The van der Waals surface area contributed by atoms with Crippen molar-refractivity contribution in [2.75, 3.05) is 30.9 Å². The van der Waals surface area contributed by atoms with E-state index in [0.717, 1.165) is 48.9 Å². The van der Waals surface area contributed by atoms with E-state index in [9.17, 15) is 13.2 Å². The lowest BCUT2D eigenvalue weighted by atomic mass is 9.86. The molecule has 6 nitrogen and oxygen atoms in total. The zero-order chi connectivity index (χ0) is 25.0. The van der Waals surface area contributed by atoms with Gasteiger partial charge >= 0.3 is 6.36 Å². The zero-order valence-electron chi connectivity index (χ0n) is 19.7. The van der Waals surface area contributed by atoms with Crippen molar-refractivity contribution in [2.24, 2.45) is 5.92 Å². The van der Waals surface area contributed by atoms with Crippen LogP contribution in [0.1, 0.15) is 38.7 Å². The average Bonchev–Trinajstić information content (AvgIpc) is 2.81. The van der Waals surface area contributed by atoms with E-state index >= 15 is 0 Å². The van der Waals surface area contributed by atoms with Gasteiger partial charge in [0.1, 0.15) is 11.6 Å². The molecule has 0 atom stereocenters. The Morgan fingerprint density at radius 3 is 2.47 bits per heavy atom. The summed E-state index contributed by atoms with van der Waals surface area (Å²) in [6.07, 6.45) is -0.765. The summed E-state index contributed by atoms with van der Waals surface area (Å²) in [5.74, 6) is 1.82. The SMILES string of the molecule is C.CN(C)c1nc(NCC2CCC(NCc3ccc(Br)cc3OC(F)(F)F)CC2)nc2ccccc12. The Kier molecular flexibility index (Phi) is 9.41. The minimum Gasteiger partial charge on any atom is -0.405 e. The van der Waals surface area contributed by atoms with Crippen LogP contribution in [0, 0.1) is 5.92 Å². The molecule has 196 valence electrons. The number of hydrogen-bond acceptors (Lipinski definition) is 6. The molecule has 1 fully saturated rings. The average molecular weight is 568 g/mol. The molecular weight excluding hydrogens is 535 g/mol. The largest absolute Gasteiger partial charge is 0.573 e. The minimum absolute atomic E-state index is 0. The van der Waals surface area contributed by atoms with E-state index in [4.69, 9.17) is 4.98 Å². The van der Waals surface area contributed by atoms with Crippen LogP contribution in [-0.4, -0.2) is 43.0 Å². The van der Waals surface area contributed by atoms with E-state index in [-0.39, 0.29) is 19.2 Å². The second kappa shape index (κ2) is 12.1. The van der Waals surface area contributed by atoms with Crippen LogP contribution < -0.4 is 20.3 Å². The van der Waals surface area contributed by atoms with Crippen molar-refractivity contribution < 1.29 is 17.9 Å². The number of nitrogens with zero attached hydrogens (tertiary/aromatic N) is 3. The minimum atomic E-state index is -4.72. The fraction of sp³-hybridized carbons (Fsp3) is 0.462. The van der Waals surface area contributed by atoms with Gasteiger partial charge in [0, 0.05) is 48.6 Å². The summed E-state index contributed by atoms with van der Waals surface area (Å²) in [5, 5.41) is 7.83. The molecule has 4 rings (SSSR count). The highest BCUT2D eigenvalue weighted by molar-refractivity contribution is 9.10. The van der Waals surface area contributed by atoms with Gasteiger partial charge in [-0.3, -0.25) is 0 Å². The number of benzene rings is 2. The highest BCUT2D eigenvalue weighted by Crippen LogP contribution is 2.31. The van der Waals surface area contributed by atoms with Gasteiger partial charge in [0.05, 0.1) is 5.52 Å². The molecule has 0 radical (unpaired) electrons. The van der Waals surface area contributed by atoms with Gasteiger partial charge in [0.2, 0.25) is 5.95 Å². The van der Waals surface area contributed by atoms with Crippen LogP contribution in [0.15, 0.2) is 46.9 Å². The smallest absolute Gasteiger partial charge is 0.405 e. The molecule has 0 spiro atoms. The monoisotopic (exact) mass is 567 g/mol. The summed E-state index contributed by atoms with van der Waals surface area (Å²) in [4.78, 5) is 11.4. The number of hydrogen-bond donors (Lipinski definition) is 2. The van der Waals surface area contributed by atoms with Crippen molar-refractivity contribution in [3.63, 3.8) is 0 Å². The molecule has 36 heavy (non-hydrogen) atoms. The Morgan fingerprint density at radius 1 is 1.06 bits per heavy atom. The van der Waals surface area contributed by atoms with Gasteiger partial charge in [-0.05, 0) is 55.9 Å². The Morgan fingerprint density at radius 2 is 1.78 bits per heavy atom. The fourth-order valence-corrected chi connectivity index (χ4v) is 4.77. The quantitative estimate of drug-likeness (QED) is 0.314. The standard InChI is InChI=1S/C25H29BrF3N5O.CH4/c1-34(2)23-20-5-3-4-6-21(20)32-24(33-23)31-14-16-7-11-19(12-8-16)30-15-17-9-10-18(26)13-22(17)35-25(27,28)29;/h3-6,9-10,13,16,19,30H,7-8,11-12,14-15H2,1-2H3,(H,31,32,33);1H4. The van der Waals surface area contributed by atoms with Crippen molar-refractivity contribution in [3.8, 4) is 5.75 Å². The van der Waals surface area contributed by atoms with Gasteiger partial charge < -0.3 is 20.3 Å². The summed E-state index contributed by atoms with van der Waals surface area (Å²) in [5.41, 5.74) is 1.39. The summed E-state index contributed by atoms with van der Waals surface area (Å²) in [6.45, 7) is 1.11. The predicted molar refractivity (Wildman–Crippen MR) is 142 cm³/mol. The summed E-state index contributed by atoms with van der Waals surface area (Å²) >= 11 is 3.21. The van der Waals surface area contributed by atoms with Crippen LogP contribution in [0.5, 0.6) is 5.75 Å². The number of aromatic nitrogens is 2. The van der Waals surface area contributed by atoms with E-state index in [1.54, 1.807) is 12.1 Å². The maximum Gasteiger partial charge on any atom is 0.573 e. The normalized spacial score (nSPS) is 17.9. The zero-order valence-corrected chi connectivity index (χ0v) is 21.3. The number of rotatable bonds is 8. The van der Waals surface area contributed by atoms with Crippen LogP contribution in [0.4, 0.5) is 24.9 Å². The third-order valence-corrected chi connectivity index (χ3v) is 6.73. The Hall–Kier alpha value is -2.59. The second-order valence-electron chi connectivity index (χ2n) is 9.06. The molecule has 0 saturated heterocycles. The molecule has 1 aromatic heterocycles. The fourth-order valence-electron chi connectivity index (χ4n) is 4.43. The van der Waals surface area contributed by atoms with E-state index in [1.165, 1.54) is 6.07 Å². The molecule has 10 heteroatoms. The molecule has 0 bridgehead atoms. The summed E-state index contributed by atoms with van der Waals surface area (Å²) in [7, 11) is 3.94. The first-order valence-electron chi connectivity index (χ1n) is 11.6. The molecular formula is C26H33BrF3N5O. The Balaban J connectivity index is 0.00000361. The number of anilines is 2. The van der Waals surface area contributed by atoms with E-state index in [1.807, 2.05) is 43.3 Å². The van der Waals surface area contributed by atoms with E-state index in [0.29, 0.717) is 28.4 Å². The molecule has 3 aromatic rings. The first-order valence-corrected chi connectivity index (χ1v) is 12.4. The molecule has 0 aliphatic heterocycles. The first kappa shape index (κ1) is 28.0. The maximum atomic E-state index is 12.7. The van der Waals surface area contributed by atoms with Crippen molar-refractivity contribution in [1.82, 2.24) is 15.3 Å². The number of fused-ring (bicyclic) bond motifs is 1. The lowest BCUT2D eigenvalue weighted by Gasteiger charge is -2.29. The van der Waals surface area contributed by atoms with Crippen LogP contribution in [-0.2, 0) is 6.54 Å².